The third-order valence-corrected chi connectivity index (χ3v) is 3.38. The van der Waals surface area contributed by atoms with Gasteiger partial charge in [0.1, 0.15) is 0 Å². The van der Waals surface area contributed by atoms with Crippen molar-refractivity contribution in [2.75, 3.05) is 26.9 Å². The summed E-state index contributed by atoms with van der Waals surface area (Å²) in [5.74, 6) is 0. The number of halogens is 1. The van der Waals surface area contributed by atoms with E-state index in [0.717, 1.165) is 13.0 Å². The fraction of sp³-hybridized carbons (Fsp3) is 1.00. The fourth-order valence-corrected chi connectivity index (χ4v) is 1.85. The van der Waals surface area contributed by atoms with E-state index in [1.165, 1.54) is 12.8 Å². The molecular formula is C10H19ClO2. The lowest BCUT2D eigenvalue weighted by atomic mass is 9.99. The van der Waals surface area contributed by atoms with Gasteiger partial charge in [-0.3, -0.25) is 0 Å². The van der Waals surface area contributed by atoms with Gasteiger partial charge >= 0.3 is 0 Å². The third-order valence-electron chi connectivity index (χ3n) is 2.91. The highest BCUT2D eigenvalue weighted by Crippen LogP contribution is 2.53. The first kappa shape index (κ1) is 11.3. The highest BCUT2D eigenvalue weighted by molar-refractivity contribution is 6.21. The molecule has 1 rings (SSSR count). The molecule has 2 nitrogen and oxygen atoms in total. The Morgan fingerprint density at radius 3 is 2.46 bits per heavy atom. The molecule has 0 saturated heterocycles. The molecule has 13 heavy (non-hydrogen) atoms. The third kappa shape index (κ3) is 3.45. The van der Waals surface area contributed by atoms with Gasteiger partial charge in [-0.05, 0) is 31.6 Å². The van der Waals surface area contributed by atoms with Gasteiger partial charge in [0, 0.05) is 19.1 Å². The molecule has 0 amide bonds. The predicted molar refractivity (Wildman–Crippen MR) is 54.3 cm³/mol. The Morgan fingerprint density at radius 2 is 2.00 bits per heavy atom. The Bertz CT molecular complexity index is 144. The largest absolute Gasteiger partial charge is 0.382 e. The van der Waals surface area contributed by atoms with Gasteiger partial charge < -0.3 is 9.47 Å². The molecule has 0 aliphatic heterocycles. The van der Waals surface area contributed by atoms with E-state index in [2.05, 4.69) is 6.92 Å². The molecule has 1 saturated carbocycles. The van der Waals surface area contributed by atoms with Crippen molar-refractivity contribution in [3.8, 4) is 0 Å². The molecular weight excluding hydrogens is 188 g/mol. The average Bonchev–Trinajstić information content (AvgIpc) is 2.85. The maximum atomic E-state index is 6.09. The Morgan fingerprint density at radius 1 is 1.31 bits per heavy atom. The Balaban J connectivity index is 1.99. The number of methoxy groups -OCH3 is 1. The van der Waals surface area contributed by atoms with E-state index in [4.69, 9.17) is 21.1 Å². The van der Waals surface area contributed by atoms with Crippen LogP contribution in [-0.4, -0.2) is 32.3 Å². The number of ether oxygens (including phenoxy) is 2. The number of hydrogen-bond acceptors (Lipinski definition) is 2. The van der Waals surface area contributed by atoms with Crippen LogP contribution in [0.15, 0.2) is 0 Å². The van der Waals surface area contributed by atoms with Crippen molar-refractivity contribution in [1.29, 1.82) is 0 Å². The first-order chi connectivity index (χ1) is 6.21. The van der Waals surface area contributed by atoms with Crippen molar-refractivity contribution in [1.82, 2.24) is 0 Å². The quantitative estimate of drug-likeness (QED) is 0.471. The van der Waals surface area contributed by atoms with Gasteiger partial charge in [-0.1, -0.05) is 0 Å². The summed E-state index contributed by atoms with van der Waals surface area (Å²) < 4.78 is 10.3. The zero-order valence-corrected chi connectivity index (χ0v) is 9.27. The summed E-state index contributed by atoms with van der Waals surface area (Å²) in [7, 11) is 1.69. The van der Waals surface area contributed by atoms with Crippen LogP contribution in [0.1, 0.15) is 26.2 Å². The number of hydrogen-bond donors (Lipinski definition) is 0. The molecule has 1 unspecified atom stereocenters. The standard InChI is InChI=1S/C10H19ClO2/c1-9(11)10(3-4-10)5-6-13-8-7-12-2/h9H,3-8H2,1-2H3. The minimum absolute atomic E-state index is 0.290. The molecule has 0 aromatic heterocycles. The first-order valence-corrected chi connectivity index (χ1v) is 5.36. The number of rotatable bonds is 7. The molecule has 0 spiro atoms. The highest BCUT2D eigenvalue weighted by atomic mass is 35.5. The molecule has 78 valence electrons. The lowest BCUT2D eigenvalue weighted by Crippen LogP contribution is -2.16. The average molecular weight is 207 g/mol. The van der Waals surface area contributed by atoms with Crippen LogP contribution in [0.5, 0.6) is 0 Å². The summed E-state index contributed by atoms with van der Waals surface area (Å²) in [6, 6.07) is 0. The van der Waals surface area contributed by atoms with Crippen LogP contribution in [0.4, 0.5) is 0 Å². The van der Waals surface area contributed by atoms with Gasteiger partial charge in [-0.15, -0.1) is 11.6 Å². The van der Waals surface area contributed by atoms with Gasteiger partial charge in [0.05, 0.1) is 13.2 Å². The van der Waals surface area contributed by atoms with Crippen molar-refractivity contribution in [2.24, 2.45) is 5.41 Å². The van der Waals surface area contributed by atoms with Crippen LogP contribution >= 0.6 is 11.6 Å². The van der Waals surface area contributed by atoms with Gasteiger partial charge in [0.25, 0.3) is 0 Å². The van der Waals surface area contributed by atoms with Crippen LogP contribution in [0.3, 0.4) is 0 Å². The van der Waals surface area contributed by atoms with Gasteiger partial charge in [0.2, 0.25) is 0 Å². The number of alkyl halides is 1. The summed E-state index contributed by atoms with van der Waals surface area (Å²) in [6.07, 6.45) is 3.64. The Labute approximate surface area is 85.5 Å². The van der Waals surface area contributed by atoms with Crippen molar-refractivity contribution in [2.45, 2.75) is 31.6 Å². The first-order valence-electron chi connectivity index (χ1n) is 4.92. The van der Waals surface area contributed by atoms with Crippen molar-refractivity contribution >= 4 is 11.6 Å². The Kier molecular flexibility index (Phi) is 4.50. The smallest absolute Gasteiger partial charge is 0.0700 e. The molecule has 0 aromatic carbocycles. The summed E-state index contributed by atoms with van der Waals surface area (Å²) in [4.78, 5) is 0. The van der Waals surface area contributed by atoms with E-state index in [9.17, 15) is 0 Å². The van der Waals surface area contributed by atoms with E-state index in [1.807, 2.05) is 0 Å². The zero-order valence-electron chi connectivity index (χ0n) is 8.51. The maximum absolute atomic E-state index is 6.09. The monoisotopic (exact) mass is 206 g/mol. The molecule has 0 bridgehead atoms. The van der Waals surface area contributed by atoms with E-state index in [-0.39, 0.29) is 0 Å². The fourth-order valence-electron chi connectivity index (χ4n) is 1.53. The normalized spacial score (nSPS) is 21.5. The van der Waals surface area contributed by atoms with Crippen LogP contribution in [-0.2, 0) is 9.47 Å². The van der Waals surface area contributed by atoms with E-state index in [0.29, 0.717) is 24.0 Å². The summed E-state index contributed by atoms with van der Waals surface area (Å²) in [6.45, 7) is 4.29. The van der Waals surface area contributed by atoms with Crippen LogP contribution in [0.25, 0.3) is 0 Å². The summed E-state index contributed by atoms with van der Waals surface area (Å²) in [5, 5.41) is 0.290. The molecule has 0 radical (unpaired) electrons. The lowest BCUT2D eigenvalue weighted by Gasteiger charge is -2.17. The van der Waals surface area contributed by atoms with Crippen molar-refractivity contribution < 1.29 is 9.47 Å². The van der Waals surface area contributed by atoms with E-state index in [1.54, 1.807) is 7.11 Å². The maximum Gasteiger partial charge on any atom is 0.0700 e. The second-order valence-corrected chi connectivity index (χ2v) is 4.49. The molecule has 0 N–H and O–H groups in total. The SMILES string of the molecule is COCCOCCC1(C(C)Cl)CC1. The molecule has 0 heterocycles. The van der Waals surface area contributed by atoms with Crippen LogP contribution < -0.4 is 0 Å². The van der Waals surface area contributed by atoms with Gasteiger partial charge in [-0.25, -0.2) is 0 Å². The molecule has 1 atom stereocenters. The second-order valence-electron chi connectivity index (χ2n) is 3.83. The summed E-state index contributed by atoms with van der Waals surface area (Å²) in [5.41, 5.74) is 0.397. The van der Waals surface area contributed by atoms with E-state index < -0.39 is 0 Å². The van der Waals surface area contributed by atoms with Gasteiger partial charge in [0.15, 0.2) is 0 Å². The topological polar surface area (TPSA) is 18.5 Å². The molecule has 1 aliphatic rings. The van der Waals surface area contributed by atoms with Crippen LogP contribution in [0.2, 0.25) is 0 Å². The summed E-state index contributed by atoms with van der Waals surface area (Å²) >= 11 is 6.09. The van der Waals surface area contributed by atoms with Crippen molar-refractivity contribution in [3.05, 3.63) is 0 Å². The van der Waals surface area contributed by atoms with Gasteiger partial charge in [-0.2, -0.15) is 0 Å². The van der Waals surface area contributed by atoms with Crippen LogP contribution in [0, 0.1) is 5.41 Å². The van der Waals surface area contributed by atoms with E-state index >= 15 is 0 Å². The predicted octanol–water partition coefficient (Wildman–Crippen LogP) is 2.45. The molecule has 3 heteroatoms. The minimum atomic E-state index is 0.290. The molecule has 1 fully saturated rings. The lowest BCUT2D eigenvalue weighted by molar-refractivity contribution is 0.0619. The second kappa shape index (κ2) is 5.18. The highest BCUT2D eigenvalue weighted by Gasteiger charge is 2.45. The van der Waals surface area contributed by atoms with Crippen molar-refractivity contribution in [3.63, 3.8) is 0 Å². The molecule has 1 aliphatic carbocycles. The molecule has 0 aromatic rings. The Hall–Kier alpha value is 0.210. The zero-order chi connectivity index (χ0) is 9.73. The minimum Gasteiger partial charge on any atom is -0.382 e.